The predicted octanol–water partition coefficient (Wildman–Crippen LogP) is 2.72. The maximum absolute atomic E-state index is 14.0. The lowest BCUT2D eigenvalue weighted by Gasteiger charge is -2.31. The first-order valence-electron chi connectivity index (χ1n) is 12.5. The Morgan fingerprint density at radius 1 is 1.11 bits per heavy atom. The van der Waals surface area contributed by atoms with Gasteiger partial charge in [-0.3, -0.25) is 4.79 Å². The molecule has 0 radical (unpaired) electrons. The molecule has 0 unspecified atom stereocenters. The van der Waals surface area contributed by atoms with Crippen molar-refractivity contribution in [3.05, 3.63) is 40.3 Å². The fourth-order valence-corrected chi connectivity index (χ4v) is 7.25. The number of aliphatic hydroxyl groups excluding tert-OH is 1. The van der Waals surface area contributed by atoms with E-state index in [1.54, 1.807) is 0 Å². The summed E-state index contributed by atoms with van der Waals surface area (Å²) in [5.41, 5.74) is 5.19. The lowest BCUT2D eigenvalue weighted by atomic mass is 9.93. The number of ketones is 1. The monoisotopic (exact) mass is 557 g/mol. The number of aliphatic hydroxyl groups is 1. The highest BCUT2D eigenvalue weighted by Crippen LogP contribution is 2.30. The van der Waals surface area contributed by atoms with Crippen molar-refractivity contribution in [2.75, 3.05) is 36.4 Å². The summed E-state index contributed by atoms with van der Waals surface area (Å²) < 4.78 is 55.1. The molecule has 2 aliphatic rings. The summed E-state index contributed by atoms with van der Waals surface area (Å²) in [7, 11) is -3.37. The van der Waals surface area contributed by atoms with Crippen molar-refractivity contribution < 1.29 is 27.1 Å². The highest BCUT2D eigenvalue weighted by atomic mass is 32.2. The van der Waals surface area contributed by atoms with Crippen molar-refractivity contribution in [1.29, 1.82) is 0 Å². The van der Waals surface area contributed by atoms with Crippen LogP contribution in [0.4, 0.5) is 19.7 Å². The second-order valence-corrected chi connectivity index (χ2v) is 12.7. The first-order chi connectivity index (χ1) is 17.6. The van der Waals surface area contributed by atoms with Crippen molar-refractivity contribution in [2.45, 2.75) is 63.1 Å². The van der Waals surface area contributed by atoms with E-state index < -0.39 is 33.0 Å². The van der Waals surface area contributed by atoms with E-state index in [1.165, 1.54) is 10.4 Å². The molecular formula is C24H33F2N5O4S2. The van der Waals surface area contributed by atoms with Gasteiger partial charge in [-0.2, -0.15) is 0 Å². The Labute approximate surface area is 219 Å². The fraction of sp³-hybridized carbons (Fsp3) is 0.583. The molecule has 1 saturated carbocycles. The van der Waals surface area contributed by atoms with E-state index in [2.05, 4.69) is 15.6 Å². The molecule has 204 valence electrons. The standard InChI is InChI=1S/C24H33F2N5O4S2/c25-18-3-1-4-19(26)20(18)21(33)22-23(27)30-24(36-22)29-16-9-12-31(13-10-16)37(34,35)14-2-11-28-15-5-7-17(32)8-6-15/h1,3-4,15-17,28,32H,2,5-14,27H2,(H,29,30). The molecule has 5 N–H and O–H groups in total. The third-order valence-corrected chi connectivity index (χ3v) is 9.89. The van der Waals surface area contributed by atoms with Crippen LogP contribution in [0.2, 0.25) is 0 Å². The molecule has 0 atom stereocenters. The van der Waals surface area contributed by atoms with Gasteiger partial charge in [0.1, 0.15) is 22.3 Å². The number of anilines is 2. The first-order valence-corrected chi connectivity index (χ1v) is 15.0. The highest BCUT2D eigenvalue weighted by Gasteiger charge is 2.29. The van der Waals surface area contributed by atoms with Crippen LogP contribution in [-0.2, 0) is 10.0 Å². The van der Waals surface area contributed by atoms with E-state index in [-0.39, 0.29) is 28.6 Å². The van der Waals surface area contributed by atoms with Crippen molar-refractivity contribution in [1.82, 2.24) is 14.6 Å². The molecule has 2 fully saturated rings. The minimum absolute atomic E-state index is 0.0514. The van der Waals surface area contributed by atoms with Gasteiger partial charge in [0.25, 0.3) is 0 Å². The number of piperidine rings is 1. The fourth-order valence-electron chi connectivity index (χ4n) is 4.81. The van der Waals surface area contributed by atoms with Crippen LogP contribution < -0.4 is 16.4 Å². The Hall–Kier alpha value is -2.19. The number of aromatic nitrogens is 1. The number of rotatable bonds is 10. The molecule has 2 heterocycles. The van der Waals surface area contributed by atoms with Gasteiger partial charge in [-0.25, -0.2) is 26.5 Å². The number of halogens is 2. The second kappa shape index (κ2) is 12.1. The normalized spacial score (nSPS) is 21.7. The van der Waals surface area contributed by atoms with Gasteiger partial charge in [0.15, 0.2) is 5.13 Å². The van der Waals surface area contributed by atoms with Gasteiger partial charge in [-0.05, 0) is 63.6 Å². The molecule has 1 aliphatic heterocycles. The van der Waals surface area contributed by atoms with Crippen molar-refractivity contribution in [3.8, 4) is 0 Å². The minimum atomic E-state index is -3.37. The van der Waals surface area contributed by atoms with Gasteiger partial charge in [0, 0.05) is 25.2 Å². The third kappa shape index (κ3) is 7.02. The van der Waals surface area contributed by atoms with Gasteiger partial charge in [0.2, 0.25) is 15.8 Å². The molecule has 1 aliphatic carbocycles. The maximum Gasteiger partial charge on any atom is 0.214 e. The molecule has 37 heavy (non-hydrogen) atoms. The number of carbonyl (C=O) groups excluding carboxylic acids is 1. The molecule has 1 aromatic heterocycles. The van der Waals surface area contributed by atoms with Crippen molar-refractivity contribution in [3.63, 3.8) is 0 Å². The summed E-state index contributed by atoms with van der Waals surface area (Å²) in [4.78, 5) is 16.8. The number of nitrogen functional groups attached to an aromatic ring is 1. The van der Waals surface area contributed by atoms with E-state index in [1.807, 2.05) is 0 Å². The SMILES string of the molecule is Nc1nc(NC2CCN(S(=O)(=O)CCCNC3CCC(O)CC3)CC2)sc1C(=O)c1c(F)cccc1F. The van der Waals surface area contributed by atoms with E-state index in [0.29, 0.717) is 50.1 Å². The van der Waals surface area contributed by atoms with E-state index in [4.69, 9.17) is 5.73 Å². The average molecular weight is 558 g/mol. The second-order valence-electron chi connectivity index (χ2n) is 9.61. The van der Waals surface area contributed by atoms with Crippen LogP contribution in [0.15, 0.2) is 18.2 Å². The van der Waals surface area contributed by atoms with Gasteiger partial charge >= 0.3 is 0 Å². The van der Waals surface area contributed by atoms with Crippen molar-refractivity contribution in [2.24, 2.45) is 0 Å². The molecule has 9 nitrogen and oxygen atoms in total. The molecule has 4 rings (SSSR count). The molecule has 0 amide bonds. The van der Waals surface area contributed by atoms with E-state index in [0.717, 1.165) is 49.2 Å². The Balaban J connectivity index is 1.24. The van der Waals surface area contributed by atoms with Crippen LogP contribution in [0, 0.1) is 11.6 Å². The molecular weight excluding hydrogens is 524 g/mol. The summed E-state index contributed by atoms with van der Waals surface area (Å²) in [5.74, 6) is -2.83. The summed E-state index contributed by atoms with van der Waals surface area (Å²) in [5, 5.41) is 16.5. The summed E-state index contributed by atoms with van der Waals surface area (Å²) in [6, 6.07) is 3.46. The first kappa shape index (κ1) is 27.8. The number of thiazole rings is 1. The largest absolute Gasteiger partial charge is 0.393 e. The zero-order valence-electron chi connectivity index (χ0n) is 20.5. The van der Waals surface area contributed by atoms with Crippen LogP contribution in [0.25, 0.3) is 0 Å². The quantitative estimate of drug-likeness (QED) is 0.259. The van der Waals surface area contributed by atoms with Crippen LogP contribution in [-0.4, -0.2) is 72.2 Å². The number of nitrogens with two attached hydrogens (primary N) is 1. The Morgan fingerprint density at radius 2 is 1.76 bits per heavy atom. The number of nitrogens with one attached hydrogen (secondary N) is 2. The molecule has 0 spiro atoms. The summed E-state index contributed by atoms with van der Waals surface area (Å²) in [6.45, 7) is 1.35. The van der Waals surface area contributed by atoms with Gasteiger partial charge in [-0.1, -0.05) is 17.4 Å². The zero-order valence-corrected chi connectivity index (χ0v) is 22.1. The summed E-state index contributed by atoms with van der Waals surface area (Å²) >= 11 is 0.922. The number of hydrogen-bond acceptors (Lipinski definition) is 9. The lowest BCUT2D eigenvalue weighted by molar-refractivity contribution is 0.103. The van der Waals surface area contributed by atoms with Crippen molar-refractivity contribution >= 4 is 38.1 Å². The molecule has 13 heteroatoms. The van der Waals surface area contributed by atoms with E-state index >= 15 is 0 Å². The van der Waals surface area contributed by atoms with Gasteiger partial charge < -0.3 is 21.5 Å². The molecule has 0 bridgehead atoms. The third-order valence-electron chi connectivity index (χ3n) is 6.93. The smallest absolute Gasteiger partial charge is 0.214 e. The van der Waals surface area contributed by atoms with Crippen LogP contribution in [0.1, 0.15) is 60.2 Å². The number of benzene rings is 1. The van der Waals surface area contributed by atoms with Crippen LogP contribution in [0.5, 0.6) is 0 Å². The Kier molecular flexibility index (Phi) is 9.11. The van der Waals surface area contributed by atoms with Crippen LogP contribution >= 0.6 is 11.3 Å². The summed E-state index contributed by atoms with van der Waals surface area (Å²) in [6.07, 6.45) is 4.81. The molecule has 2 aromatic rings. The number of nitrogens with zero attached hydrogens (tertiary/aromatic N) is 2. The van der Waals surface area contributed by atoms with Gasteiger partial charge in [-0.15, -0.1) is 0 Å². The topological polar surface area (TPSA) is 138 Å². The zero-order chi connectivity index (χ0) is 26.6. The maximum atomic E-state index is 14.0. The molecule has 1 aromatic carbocycles. The number of carbonyl (C=O) groups is 1. The lowest BCUT2D eigenvalue weighted by Crippen LogP contribution is -2.43. The van der Waals surface area contributed by atoms with Gasteiger partial charge in [0.05, 0.1) is 17.4 Å². The van der Waals surface area contributed by atoms with Crippen LogP contribution in [0.3, 0.4) is 0 Å². The Bertz CT molecular complexity index is 1170. The van der Waals surface area contributed by atoms with E-state index in [9.17, 15) is 27.1 Å². The molecule has 1 saturated heterocycles. The average Bonchev–Trinajstić information content (AvgIpc) is 3.23. The Morgan fingerprint density at radius 3 is 2.41 bits per heavy atom. The number of hydrogen-bond donors (Lipinski definition) is 4. The number of sulfonamides is 1. The highest BCUT2D eigenvalue weighted by molar-refractivity contribution is 7.89. The minimum Gasteiger partial charge on any atom is -0.393 e. The predicted molar refractivity (Wildman–Crippen MR) is 139 cm³/mol.